The Balaban J connectivity index is 2.48. The number of hydrogen-bond donors (Lipinski definition) is 2. The maximum absolute atomic E-state index is 9.34. The van der Waals surface area contributed by atoms with Crippen molar-refractivity contribution in [2.45, 2.75) is 45.3 Å². The van der Waals surface area contributed by atoms with Gasteiger partial charge in [-0.2, -0.15) is 0 Å². The van der Waals surface area contributed by atoms with E-state index in [0.29, 0.717) is 0 Å². The molecular weight excluding hydrogens is 202 g/mol. The van der Waals surface area contributed by atoms with Crippen molar-refractivity contribution in [1.29, 1.82) is 0 Å². The Morgan fingerprint density at radius 3 is 2.00 bits per heavy atom. The number of hydrogen-bond acceptors (Lipinski definition) is 4. The summed E-state index contributed by atoms with van der Waals surface area (Å²) >= 11 is 0. The van der Waals surface area contributed by atoms with Crippen molar-refractivity contribution in [1.82, 2.24) is 9.80 Å². The summed E-state index contributed by atoms with van der Waals surface area (Å²) in [5, 5.41) is 9.34. The zero-order valence-electron chi connectivity index (χ0n) is 11.1. The van der Waals surface area contributed by atoms with E-state index in [1.54, 1.807) is 0 Å². The van der Waals surface area contributed by atoms with Gasteiger partial charge >= 0.3 is 0 Å². The fourth-order valence-electron chi connectivity index (χ4n) is 2.34. The lowest BCUT2D eigenvalue weighted by atomic mass is 10.0. The first-order chi connectivity index (χ1) is 7.36. The van der Waals surface area contributed by atoms with Gasteiger partial charge in [0.2, 0.25) is 0 Å². The molecule has 0 amide bonds. The van der Waals surface area contributed by atoms with Crippen LogP contribution in [0.5, 0.6) is 0 Å². The van der Waals surface area contributed by atoms with E-state index in [-0.39, 0.29) is 24.2 Å². The molecule has 0 aliphatic carbocycles. The van der Waals surface area contributed by atoms with Crippen LogP contribution in [-0.2, 0) is 0 Å². The summed E-state index contributed by atoms with van der Waals surface area (Å²) in [6.45, 7) is 13.0. The van der Waals surface area contributed by atoms with E-state index in [1.165, 1.54) is 0 Å². The molecule has 1 saturated heterocycles. The molecule has 0 bridgehead atoms. The first-order valence-electron chi connectivity index (χ1n) is 6.22. The van der Waals surface area contributed by atoms with Crippen LogP contribution in [0.1, 0.15) is 27.7 Å². The van der Waals surface area contributed by atoms with E-state index < -0.39 is 0 Å². The quantitative estimate of drug-likeness (QED) is 0.721. The summed E-state index contributed by atoms with van der Waals surface area (Å²) in [4.78, 5) is 4.80. The highest BCUT2D eigenvalue weighted by Crippen LogP contribution is 2.17. The number of piperazine rings is 1. The zero-order chi connectivity index (χ0) is 12.3. The Morgan fingerprint density at radius 2 is 1.69 bits per heavy atom. The van der Waals surface area contributed by atoms with Gasteiger partial charge in [-0.05, 0) is 27.7 Å². The van der Waals surface area contributed by atoms with Gasteiger partial charge in [0.1, 0.15) is 0 Å². The van der Waals surface area contributed by atoms with Crippen LogP contribution in [0.3, 0.4) is 0 Å². The van der Waals surface area contributed by atoms with Crippen LogP contribution in [0.2, 0.25) is 0 Å². The lowest BCUT2D eigenvalue weighted by Gasteiger charge is -2.45. The second-order valence-electron chi connectivity index (χ2n) is 5.80. The van der Waals surface area contributed by atoms with Crippen LogP contribution < -0.4 is 5.73 Å². The summed E-state index contributed by atoms with van der Waals surface area (Å²) in [6.07, 6.45) is 0. The molecule has 1 heterocycles. The highest BCUT2D eigenvalue weighted by Gasteiger charge is 2.29. The topological polar surface area (TPSA) is 52.7 Å². The molecule has 16 heavy (non-hydrogen) atoms. The van der Waals surface area contributed by atoms with E-state index in [9.17, 15) is 5.11 Å². The molecule has 0 aromatic heterocycles. The molecule has 3 N–H and O–H groups in total. The summed E-state index contributed by atoms with van der Waals surface area (Å²) < 4.78 is 0. The molecular formula is C12H27N3O. The Hall–Kier alpha value is -0.160. The third-order valence-electron chi connectivity index (χ3n) is 3.53. The van der Waals surface area contributed by atoms with Crippen molar-refractivity contribution >= 4 is 0 Å². The van der Waals surface area contributed by atoms with Crippen LogP contribution in [0.4, 0.5) is 0 Å². The minimum Gasteiger partial charge on any atom is -0.395 e. The van der Waals surface area contributed by atoms with Gasteiger partial charge in [0.25, 0.3) is 0 Å². The van der Waals surface area contributed by atoms with Gasteiger partial charge in [-0.1, -0.05) is 0 Å². The number of aliphatic hydroxyl groups is 1. The molecule has 4 heteroatoms. The van der Waals surface area contributed by atoms with Crippen LogP contribution in [0, 0.1) is 0 Å². The average Bonchev–Trinajstić information content (AvgIpc) is 2.17. The number of nitrogens with two attached hydrogens (primary N) is 1. The number of nitrogens with zero attached hydrogens (tertiary/aromatic N) is 2. The van der Waals surface area contributed by atoms with Gasteiger partial charge in [-0.15, -0.1) is 0 Å². The molecule has 96 valence electrons. The van der Waals surface area contributed by atoms with Gasteiger partial charge in [0.15, 0.2) is 0 Å². The SMILES string of the molecule is CC(N)C(CO)N1CCN(C(C)(C)C)CC1. The molecule has 0 spiro atoms. The predicted octanol–water partition coefficient (Wildman–Crippen LogP) is 0.111. The minimum atomic E-state index is 0.0335. The van der Waals surface area contributed by atoms with Crippen LogP contribution in [0.25, 0.3) is 0 Å². The van der Waals surface area contributed by atoms with Gasteiger partial charge in [0, 0.05) is 43.8 Å². The molecule has 1 aliphatic heterocycles. The third kappa shape index (κ3) is 3.42. The monoisotopic (exact) mass is 229 g/mol. The van der Waals surface area contributed by atoms with Gasteiger partial charge < -0.3 is 10.8 Å². The highest BCUT2D eigenvalue weighted by molar-refractivity contribution is 4.86. The standard InChI is InChI=1S/C12H27N3O/c1-10(13)11(9-16)14-5-7-15(8-6-14)12(2,3)4/h10-11,16H,5-9,13H2,1-4H3. The third-order valence-corrected chi connectivity index (χ3v) is 3.53. The van der Waals surface area contributed by atoms with E-state index in [2.05, 4.69) is 30.6 Å². The fourth-order valence-corrected chi connectivity index (χ4v) is 2.34. The lowest BCUT2D eigenvalue weighted by molar-refractivity contribution is 0.0212. The van der Waals surface area contributed by atoms with Crippen molar-refractivity contribution in [2.24, 2.45) is 5.73 Å². The van der Waals surface area contributed by atoms with Gasteiger partial charge in [-0.3, -0.25) is 9.80 Å². The van der Waals surface area contributed by atoms with Gasteiger partial charge in [0.05, 0.1) is 6.61 Å². The summed E-state index contributed by atoms with van der Waals surface area (Å²) in [5.74, 6) is 0. The molecule has 4 nitrogen and oxygen atoms in total. The van der Waals surface area contributed by atoms with Crippen molar-refractivity contribution < 1.29 is 5.11 Å². The molecule has 0 aromatic rings. The first-order valence-corrected chi connectivity index (χ1v) is 6.22. The van der Waals surface area contributed by atoms with Crippen LogP contribution in [0.15, 0.2) is 0 Å². The van der Waals surface area contributed by atoms with E-state index in [4.69, 9.17) is 5.73 Å². The van der Waals surface area contributed by atoms with Crippen molar-refractivity contribution in [3.05, 3.63) is 0 Å². The van der Waals surface area contributed by atoms with Gasteiger partial charge in [-0.25, -0.2) is 0 Å². The second kappa shape index (κ2) is 5.45. The lowest BCUT2D eigenvalue weighted by Crippen LogP contribution is -2.59. The van der Waals surface area contributed by atoms with Crippen LogP contribution in [-0.4, -0.2) is 65.3 Å². The molecule has 1 aliphatic rings. The zero-order valence-corrected chi connectivity index (χ0v) is 11.1. The van der Waals surface area contributed by atoms with Crippen molar-refractivity contribution in [3.8, 4) is 0 Å². The number of aliphatic hydroxyl groups excluding tert-OH is 1. The predicted molar refractivity (Wildman–Crippen MR) is 67.4 cm³/mol. The first kappa shape index (κ1) is 13.9. The molecule has 1 rings (SSSR count). The summed E-state index contributed by atoms with van der Waals surface area (Å²) in [7, 11) is 0. The van der Waals surface area contributed by atoms with E-state index in [1.807, 2.05) is 6.92 Å². The normalized spacial score (nSPS) is 24.4. The molecule has 0 radical (unpaired) electrons. The molecule has 2 unspecified atom stereocenters. The van der Waals surface area contributed by atoms with Crippen molar-refractivity contribution in [2.75, 3.05) is 32.8 Å². The average molecular weight is 229 g/mol. The highest BCUT2D eigenvalue weighted by atomic mass is 16.3. The maximum atomic E-state index is 9.34. The smallest absolute Gasteiger partial charge is 0.0601 e. The van der Waals surface area contributed by atoms with E-state index in [0.717, 1.165) is 26.2 Å². The Labute approximate surface area is 99.4 Å². The Bertz CT molecular complexity index is 205. The Kier molecular flexibility index (Phi) is 4.73. The number of rotatable bonds is 3. The Morgan fingerprint density at radius 1 is 1.19 bits per heavy atom. The minimum absolute atomic E-state index is 0.0335. The molecule has 0 aromatic carbocycles. The summed E-state index contributed by atoms with van der Waals surface area (Å²) in [5.41, 5.74) is 6.13. The summed E-state index contributed by atoms with van der Waals surface area (Å²) in [6, 6.07) is 0.147. The molecule has 0 saturated carbocycles. The van der Waals surface area contributed by atoms with Crippen LogP contribution >= 0.6 is 0 Å². The molecule has 1 fully saturated rings. The largest absolute Gasteiger partial charge is 0.395 e. The fraction of sp³-hybridized carbons (Fsp3) is 1.00. The van der Waals surface area contributed by atoms with Crippen molar-refractivity contribution in [3.63, 3.8) is 0 Å². The van der Waals surface area contributed by atoms with E-state index >= 15 is 0 Å². The second-order valence-corrected chi connectivity index (χ2v) is 5.80. The maximum Gasteiger partial charge on any atom is 0.0601 e. The molecule has 2 atom stereocenters.